The average molecular weight is 263 g/mol. The molecule has 2 N–H and O–H groups in total. The minimum absolute atomic E-state index is 0.244. The maximum atomic E-state index is 12.0. The summed E-state index contributed by atoms with van der Waals surface area (Å²) in [5, 5.41) is 4.63. The number of carbonyl (C=O) groups is 1. The molecule has 1 aromatic carbocycles. The summed E-state index contributed by atoms with van der Waals surface area (Å²) in [7, 11) is 1.54. The first-order valence-corrected chi connectivity index (χ1v) is 6.03. The first-order chi connectivity index (χ1) is 9.04. The number of benzene rings is 1. The molecule has 0 aliphatic heterocycles. The zero-order valence-electron chi connectivity index (χ0n) is 11.2. The molecule has 102 valence electrons. The Hall–Kier alpha value is -2.24. The first kappa shape index (κ1) is 13.2. The summed E-state index contributed by atoms with van der Waals surface area (Å²) in [6, 6.07) is 5.29. The lowest BCUT2D eigenvalue weighted by Crippen LogP contribution is -2.17. The number of nitrogens with zero attached hydrogens (tertiary/aromatic N) is 2. The van der Waals surface area contributed by atoms with Gasteiger partial charge in [0.2, 0.25) is 0 Å². The van der Waals surface area contributed by atoms with Crippen LogP contribution in [0.4, 0.5) is 10.6 Å². The Morgan fingerprint density at radius 3 is 2.84 bits per heavy atom. The van der Waals surface area contributed by atoms with Crippen LogP contribution in [0.5, 0.6) is 5.75 Å². The molecule has 1 heterocycles. The normalized spacial score (nSPS) is 10.9. The summed E-state index contributed by atoms with van der Waals surface area (Å²) in [5.74, 6) is 1.09. The van der Waals surface area contributed by atoms with E-state index >= 15 is 0 Å². The van der Waals surface area contributed by atoms with Gasteiger partial charge in [-0.15, -0.1) is 5.10 Å². The van der Waals surface area contributed by atoms with Crippen LogP contribution in [0.1, 0.15) is 13.8 Å². The van der Waals surface area contributed by atoms with Gasteiger partial charge in [-0.05, 0) is 18.1 Å². The van der Waals surface area contributed by atoms with Crippen LogP contribution in [0.15, 0.2) is 18.2 Å². The molecule has 0 saturated carbocycles. The third-order valence-corrected chi connectivity index (χ3v) is 2.63. The van der Waals surface area contributed by atoms with Crippen molar-refractivity contribution in [3.63, 3.8) is 0 Å². The molecule has 0 unspecified atom stereocenters. The lowest BCUT2D eigenvalue weighted by Gasteiger charge is -2.07. The molecule has 0 aliphatic rings. The lowest BCUT2D eigenvalue weighted by molar-refractivity contribution is 0.132. The van der Waals surface area contributed by atoms with E-state index in [1.54, 1.807) is 25.3 Å². The van der Waals surface area contributed by atoms with Crippen LogP contribution in [-0.2, 0) is 4.74 Å². The molecule has 0 saturated heterocycles. The highest BCUT2D eigenvalue weighted by atomic mass is 16.6. The van der Waals surface area contributed by atoms with Crippen molar-refractivity contribution in [2.45, 2.75) is 13.8 Å². The number of methoxy groups -OCH3 is 1. The number of aromatic nitrogens is 2. The van der Waals surface area contributed by atoms with Gasteiger partial charge in [-0.1, -0.05) is 19.9 Å². The fraction of sp³-hybridized carbons (Fsp3) is 0.385. The van der Waals surface area contributed by atoms with Crippen molar-refractivity contribution in [3.05, 3.63) is 18.2 Å². The highest BCUT2D eigenvalue weighted by molar-refractivity contribution is 5.98. The Kier molecular flexibility index (Phi) is 3.59. The number of nitrogens with two attached hydrogens (primary N) is 1. The molecule has 19 heavy (non-hydrogen) atoms. The van der Waals surface area contributed by atoms with Gasteiger partial charge in [-0.25, -0.2) is 4.79 Å². The van der Waals surface area contributed by atoms with Crippen LogP contribution >= 0.6 is 0 Å². The zero-order chi connectivity index (χ0) is 14.0. The van der Waals surface area contributed by atoms with E-state index in [2.05, 4.69) is 5.10 Å². The minimum Gasteiger partial charge on any atom is -0.496 e. The van der Waals surface area contributed by atoms with Crippen LogP contribution in [0.3, 0.4) is 0 Å². The number of hydrogen-bond acceptors (Lipinski definition) is 5. The van der Waals surface area contributed by atoms with Gasteiger partial charge >= 0.3 is 6.09 Å². The molecular weight excluding hydrogens is 246 g/mol. The summed E-state index contributed by atoms with van der Waals surface area (Å²) in [6.45, 7) is 4.27. The van der Waals surface area contributed by atoms with Crippen molar-refractivity contribution in [1.29, 1.82) is 0 Å². The fourth-order valence-electron chi connectivity index (χ4n) is 1.77. The lowest BCUT2D eigenvalue weighted by atomic mass is 10.2. The van der Waals surface area contributed by atoms with E-state index in [4.69, 9.17) is 15.2 Å². The van der Waals surface area contributed by atoms with Gasteiger partial charge in [0.25, 0.3) is 0 Å². The Morgan fingerprint density at radius 2 is 2.21 bits per heavy atom. The molecule has 6 heteroatoms. The number of rotatable bonds is 3. The molecule has 6 nitrogen and oxygen atoms in total. The molecule has 1 aromatic heterocycles. The zero-order valence-corrected chi connectivity index (χ0v) is 11.2. The van der Waals surface area contributed by atoms with Crippen molar-refractivity contribution in [2.75, 3.05) is 19.5 Å². The monoisotopic (exact) mass is 263 g/mol. The third-order valence-electron chi connectivity index (χ3n) is 2.63. The second kappa shape index (κ2) is 5.17. The van der Waals surface area contributed by atoms with Gasteiger partial charge < -0.3 is 15.2 Å². The number of ether oxygens (including phenoxy) is 2. The summed E-state index contributed by atoms with van der Waals surface area (Å²) in [6.07, 6.45) is -0.538. The number of carbonyl (C=O) groups excluding carboxylic acids is 1. The van der Waals surface area contributed by atoms with Crippen LogP contribution in [0.2, 0.25) is 0 Å². The SMILES string of the molecule is COc1cccc2c1c(N)nn2C(=O)OCC(C)C. The molecule has 0 fully saturated rings. The fourth-order valence-corrected chi connectivity index (χ4v) is 1.77. The Bertz CT molecular complexity index is 604. The Balaban J connectivity index is 2.42. The Morgan fingerprint density at radius 1 is 1.47 bits per heavy atom. The molecule has 0 aliphatic carbocycles. The van der Waals surface area contributed by atoms with E-state index < -0.39 is 6.09 Å². The molecule has 0 amide bonds. The number of hydrogen-bond donors (Lipinski definition) is 1. The molecular formula is C13H17N3O3. The number of anilines is 1. The van der Waals surface area contributed by atoms with Crippen molar-refractivity contribution in [2.24, 2.45) is 5.92 Å². The summed E-state index contributed by atoms with van der Waals surface area (Å²) in [4.78, 5) is 12.0. The smallest absolute Gasteiger partial charge is 0.435 e. The predicted molar refractivity (Wildman–Crippen MR) is 72.3 cm³/mol. The van der Waals surface area contributed by atoms with Gasteiger partial charge in [-0.3, -0.25) is 0 Å². The van der Waals surface area contributed by atoms with Crippen molar-refractivity contribution >= 4 is 22.8 Å². The molecule has 0 atom stereocenters. The van der Waals surface area contributed by atoms with Crippen molar-refractivity contribution in [1.82, 2.24) is 9.78 Å². The van der Waals surface area contributed by atoms with Gasteiger partial charge in [-0.2, -0.15) is 4.68 Å². The summed E-state index contributed by atoms with van der Waals surface area (Å²) in [5.41, 5.74) is 6.40. The molecule has 0 spiro atoms. The third kappa shape index (κ3) is 2.47. The molecule has 0 radical (unpaired) electrons. The highest BCUT2D eigenvalue weighted by Crippen LogP contribution is 2.30. The maximum Gasteiger partial charge on any atom is 0.435 e. The van der Waals surface area contributed by atoms with Crippen molar-refractivity contribution < 1.29 is 14.3 Å². The largest absolute Gasteiger partial charge is 0.496 e. The van der Waals surface area contributed by atoms with Gasteiger partial charge in [0, 0.05) is 0 Å². The van der Waals surface area contributed by atoms with E-state index in [9.17, 15) is 4.79 Å². The summed E-state index contributed by atoms with van der Waals surface area (Å²) < 4.78 is 11.5. The number of nitrogen functional groups attached to an aromatic ring is 1. The quantitative estimate of drug-likeness (QED) is 0.918. The predicted octanol–water partition coefficient (Wildman–Crippen LogP) is 2.27. The van der Waals surface area contributed by atoms with Gasteiger partial charge in [0.15, 0.2) is 5.82 Å². The Labute approximate surface area is 111 Å². The second-order valence-corrected chi connectivity index (χ2v) is 4.62. The average Bonchev–Trinajstić information content (AvgIpc) is 2.73. The number of fused-ring (bicyclic) bond motifs is 1. The molecule has 2 rings (SSSR count). The van der Waals surface area contributed by atoms with Crippen LogP contribution in [0.25, 0.3) is 10.9 Å². The van der Waals surface area contributed by atoms with Gasteiger partial charge in [0.1, 0.15) is 5.75 Å². The standard InChI is InChI=1S/C13H17N3O3/c1-8(2)7-19-13(17)16-9-5-4-6-10(18-3)11(9)12(14)15-16/h4-6,8H,7H2,1-3H3,(H2,14,15). The van der Waals surface area contributed by atoms with E-state index in [0.717, 1.165) is 4.68 Å². The van der Waals surface area contributed by atoms with Gasteiger partial charge in [0.05, 0.1) is 24.6 Å². The topological polar surface area (TPSA) is 79.4 Å². The minimum atomic E-state index is -0.538. The van der Waals surface area contributed by atoms with E-state index in [1.807, 2.05) is 13.8 Å². The molecule has 2 aromatic rings. The highest BCUT2D eigenvalue weighted by Gasteiger charge is 2.18. The van der Waals surface area contributed by atoms with Crippen molar-refractivity contribution in [3.8, 4) is 5.75 Å². The van der Waals surface area contributed by atoms with E-state index in [1.165, 1.54) is 0 Å². The van der Waals surface area contributed by atoms with Crippen LogP contribution in [-0.4, -0.2) is 29.6 Å². The summed E-state index contributed by atoms with van der Waals surface area (Å²) >= 11 is 0. The van der Waals surface area contributed by atoms with Crippen LogP contribution in [0, 0.1) is 5.92 Å². The second-order valence-electron chi connectivity index (χ2n) is 4.62. The maximum absolute atomic E-state index is 12.0. The molecule has 0 bridgehead atoms. The van der Waals surface area contributed by atoms with Crippen LogP contribution < -0.4 is 10.5 Å². The van der Waals surface area contributed by atoms with E-state index in [0.29, 0.717) is 23.3 Å². The first-order valence-electron chi connectivity index (χ1n) is 6.03. The van der Waals surface area contributed by atoms with E-state index in [-0.39, 0.29) is 11.7 Å².